The molecule has 2 heteroatoms. The van der Waals surface area contributed by atoms with Gasteiger partial charge >= 0.3 is 0 Å². The van der Waals surface area contributed by atoms with E-state index >= 15 is 0 Å². The molecule has 2 nitrogen and oxygen atoms in total. The van der Waals surface area contributed by atoms with Gasteiger partial charge in [0.1, 0.15) is 5.75 Å². The lowest BCUT2D eigenvalue weighted by molar-refractivity contribution is 0.317. The Kier molecular flexibility index (Phi) is 6.36. The predicted octanol–water partition coefficient (Wildman–Crippen LogP) is 4.36. The molecule has 0 heterocycles. The fourth-order valence-corrected chi connectivity index (χ4v) is 1.94. The van der Waals surface area contributed by atoms with E-state index in [1.54, 1.807) is 0 Å². The summed E-state index contributed by atoms with van der Waals surface area (Å²) in [6.45, 7) is 12.9. The van der Waals surface area contributed by atoms with Crippen LogP contribution in [0.25, 0.3) is 0 Å². The van der Waals surface area contributed by atoms with Crippen molar-refractivity contribution < 1.29 is 4.74 Å². The number of hydrogen-bond donors (Lipinski definition) is 1. The van der Waals surface area contributed by atoms with Gasteiger partial charge in [-0.15, -0.1) is 0 Å². The Labute approximate surface area is 118 Å². The van der Waals surface area contributed by atoms with E-state index in [2.05, 4.69) is 64.2 Å². The van der Waals surface area contributed by atoms with Crippen LogP contribution in [0.3, 0.4) is 0 Å². The van der Waals surface area contributed by atoms with Crippen molar-refractivity contribution in [2.45, 2.75) is 58.9 Å². The molecule has 0 saturated heterocycles. The summed E-state index contributed by atoms with van der Waals surface area (Å²) >= 11 is 0. The number of ether oxygens (including phenoxy) is 1. The van der Waals surface area contributed by atoms with Crippen LogP contribution in [0.4, 0.5) is 0 Å². The van der Waals surface area contributed by atoms with Gasteiger partial charge in [-0.3, -0.25) is 0 Å². The van der Waals surface area contributed by atoms with Crippen LogP contribution in [0.15, 0.2) is 24.3 Å². The lowest BCUT2D eigenvalue weighted by Crippen LogP contribution is -2.36. The molecule has 1 rings (SSSR count). The molecule has 1 atom stereocenters. The van der Waals surface area contributed by atoms with Crippen LogP contribution in [0.5, 0.6) is 5.75 Å². The average molecular weight is 263 g/mol. The third-order valence-corrected chi connectivity index (χ3v) is 3.15. The Morgan fingerprint density at radius 2 is 1.79 bits per heavy atom. The van der Waals surface area contributed by atoms with Crippen LogP contribution < -0.4 is 10.1 Å². The van der Waals surface area contributed by atoms with E-state index < -0.39 is 0 Å². The average Bonchev–Trinajstić information content (AvgIpc) is 2.35. The zero-order valence-corrected chi connectivity index (χ0v) is 13.1. The van der Waals surface area contributed by atoms with Crippen molar-refractivity contribution in [3.05, 3.63) is 29.8 Å². The molecule has 0 saturated carbocycles. The van der Waals surface area contributed by atoms with Gasteiger partial charge in [-0.2, -0.15) is 0 Å². The second-order valence-corrected chi connectivity index (χ2v) is 6.28. The third kappa shape index (κ3) is 6.63. The van der Waals surface area contributed by atoms with Crippen molar-refractivity contribution in [2.75, 3.05) is 13.2 Å². The maximum absolute atomic E-state index is 5.60. The van der Waals surface area contributed by atoms with E-state index in [0.29, 0.717) is 5.92 Å². The van der Waals surface area contributed by atoms with Crippen LogP contribution in [0, 0.1) is 0 Å². The summed E-state index contributed by atoms with van der Waals surface area (Å²) in [7, 11) is 0. The molecule has 0 radical (unpaired) electrons. The van der Waals surface area contributed by atoms with Gasteiger partial charge < -0.3 is 10.1 Å². The second-order valence-electron chi connectivity index (χ2n) is 6.28. The van der Waals surface area contributed by atoms with Crippen LogP contribution >= 0.6 is 0 Å². The fourth-order valence-electron chi connectivity index (χ4n) is 1.94. The zero-order valence-electron chi connectivity index (χ0n) is 13.1. The Morgan fingerprint density at radius 3 is 2.32 bits per heavy atom. The minimum absolute atomic E-state index is 0.206. The topological polar surface area (TPSA) is 21.3 Å². The van der Waals surface area contributed by atoms with Gasteiger partial charge in [-0.05, 0) is 63.8 Å². The van der Waals surface area contributed by atoms with E-state index in [-0.39, 0.29) is 5.54 Å². The molecule has 0 aromatic heterocycles. The van der Waals surface area contributed by atoms with E-state index in [1.165, 1.54) is 5.56 Å². The Morgan fingerprint density at radius 1 is 1.16 bits per heavy atom. The molecule has 19 heavy (non-hydrogen) atoms. The maximum Gasteiger partial charge on any atom is 0.119 e. The van der Waals surface area contributed by atoms with Gasteiger partial charge in [0.15, 0.2) is 0 Å². The van der Waals surface area contributed by atoms with Gasteiger partial charge in [-0.1, -0.05) is 26.0 Å². The highest BCUT2D eigenvalue weighted by atomic mass is 16.5. The van der Waals surface area contributed by atoms with E-state index in [4.69, 9.17) is 4.74 Å². The second kappa shape index (κ2) is 7.54. The third-order valence-electron chi connectivity index (χ3n) is 3.15. The van der Waals surface area contributed by atoms with Crippen LogP contribution in [-0.4, -0.2) is 18.7 Å². The first-order valence-corrected chi connectivity index (χ1v) is 7.40. The summed E-state index contributed by atoms with van der Waals surface area (Å²) in [5.41, 5.74) is 1.59. The first-order valence-electron chi connectivity index (χ1n) is 7.40. The molecule has 0 fully saturated rings. The first-order chi connectivity index (χ1) is 8.92. The van der Waals surface area contributed by atoms with Gasteiger partial charge in [-0.25, -0.2) is 0 Å². The first kappa shape index (κ1) is 16.0. The summed E-state index contributed by atoms with van der Waals surface area (Å²) in [6, 6.07) is 8.54. The minimum atomic E-state index is 0.206. The smallest absolute Gasteiger partial charge is 0.119 e. The lowest BCUT2D eigenvalue weighted by Gasteiger charge is -2.22. The summed E-state index contributed by atoms with van der Waals surface area (Å²) in [6.07, 6.45) is 2.21. The summed E-state index contributed by atoms with van der Waals surface area (Å²) in [5, 5.41) is 3.54. The van der Waals surface area contributed by atoms with Crippen molar-refractivity contribution >= 4 is 0 Å². The molecule has 0 aliphatic carbocycles. The molecular weight excluding hydrogens is 234 g/mol. The molecule has 0 amide bonds. The number of hydrogen-bond acceptors (Lipinski definition) is 2. The lowest BCUT2D eigenvalue weighted by atomic mass is 9.97. The molecule has 1 unspecified atom stereocenters. The van der Waals surface area contributed by atoms with Gasteiger partial charge in [0.05, 0.1) is 6.61 Å². The van der Waals surface area contributed by atoms with Gasteiger partial charge in [0, 0.05) is 5.54 Å². The fraction of sp³-hybridized carbons (Fsp3) is 0.647. The van der Waals surface area contributed by atoms with Crippen molar-refractivity contribution in [1.82, 2.24) is 5.32 Å². The highest BCUT2D eigenvalue weighted by Crippen LogP contribution is 2.21. The van der Waals surface area contributed by atoms with Gasteiger partial charge in [0.2, 0.25) is 0 Å². The summed E-state index contributed by atoms with van der Waals surface area (Å²) in [5.74, 6) is 1.56. The molecule has 0 spiro atoms. The zero-order chi connectivity index (χ0) is 14.3. The highest BCUT2D eigenvalue weighted by molar-refractivity contribution is 5.29. The molecule has 0 aliphatic heterocycles. The molecule has 1 N–H and O–H groups in total. The van der Waals surface area contributed by atoms with Gasteiger partial charge in [0.25, 0.3) is 0 Å². The Hall–Kier alpha value is -1.02. The SMILES string of the molecule is CCCOc1ccc(C(C)CCNC(C)(C)C)cc1. The molecule has 0 aliphatic rings. The largest absolute Gasteiger partial charge is 0.494 e. The molecular formula is C17H29NO. The quantitative estimate of drug-likeness (QED) is 0.789. The normalized spacial score (nSPS) is 13.3. The molecule has 1 aromatic rings. The van der Waals surface area contributed by atoms with E-state index in [1.807, 2.05) is 0 Å². The van der Waals surface area contributed by atoms with Crippen LogP contribution in [0.2, 0.25) is 0 Å². The predicted molar refractivity (Wildman–Crippen MR) is 83.0 cm³/mol. The monoisotopic (exact) mass is 263 g/mol. The molecule has 0 bridgehead atoms. The van der Waals surface area contributed by atoms with Crippen LogP contribution in [0.1, 0.15) is 58.9 Å². The highest BCUT2D eigenvalue weighted by Gasteiger charge is 2.10. The maximum atomic E-state index is 5.60. The molecule has 108 valence electrons. The van der Waals surface area contributed by atoms with Crippen molar-refractivity contribution in [3.8, 4) is 5.75 Å². The Balaban J connectivity index is 2.42. The van der Waals surface area contributed by atoms with Crippen LogP contribution in [-0.2, 0) is 0 Å². The minimum Gasteiger partial charge on any atom is -0.494 e. The molecule has 1 aromatic carbocycles. The van der Waals surface area contributed by atoms with Crippen molar-refractivity contribution in [2.24, 2.45) is 0 Å². The number of nitrogens with one attached hydrogen (secondary N) is 1. The van der Waals surface area contributed by atoms with Crippen molar-refractivity contribution in [1.29, 1.82) is 0 Å². The van der Waals surface area contributed by atoms with E-state index in [9.17, 15) is 0 Å². The number of benzene rings is 1. The van der Waals surface area contributed by atoms with E-state index in [0.717, 1.165) is 31.7 Å². The summed E-state index contributed by atoms with van der Waals surface area (Å²) < 4.78 is 5.60. The Bertz CT molecular complexity index is 351. The summed E-state index contributed by atoms with van der Waals surface area (Å²) in [4.78, 5) is 0. The van der Waals surface area contributed by atoms with Crippen molar-refractivity contribution in [3.63, 3.8) is 0 Å². The number of rotatable bonds is 7. The standard InChI is InChI=1S/C17H29NO/c1-6-13-19-16-9-7-15(8-10-16)14(2)11-12-18-17(3,4)5/h7-10,14,18H,6,11-13H2,1-5H3.